The van der Waals surface area contributed by atoms with Gasteiger partial charge in [-0.05, 0) is 80.6 Å². The molecular weight excluding hydrogens is 545 g/mol. The van der Waals surface area contributed by atoms with E-state index in [2.05, 4.69) is 10.6 Å². The van der Waals surface area contributed by atoms with Crippen LogP contribution in [0.4, 0.5) is 17.1 Å². The standard InChI is InChI=1S/C28H23Cl2N3O6/c1-15(2)39-28(37)17-6-11-20(12-7-17)33-26(35)23(30)24(27(33)36)31-19-9-4-16(5-10-19)25(34)32-21-14-18(29)8-13-22(21)38-3/h4-15,31H,1-3H3,(H,32,34). The molecule has 0 spiro atoms. The highest BCUT2D eigenvalue weighted by Gasteiger charge is 2.39. The van der Waals surface area contributed by atoms with Gasteiger partial charge in [-0.2, -0.15) is 0 Å². The lowest BCUT2D eigenvalue weighted by atomic mass is 10.1. The van der Waals surface area contributed by atoms with E-state index in [-0.39, 0.29) is 28.1 Å². The second-order valence-electron chi connectivity index (χ2n) is 8.64. The van der Waals surface area contributed by atoms with Crippen molar-refractivity contribution in [2.24, 2.45) is 0 Å². The summed E-state index contributed by atoms with van der Waals surface area (Å²) in [6, 6.07) is 16.9. The molecule has 0 saturated heterocycles. The number of anilines is 3. The van der Waals surface area contributed by atoms with E-state index in [0.29, 0.717) is 27.7 Å². The molecular formula is C28H23Cl2N3O6. The number of ether oxygens (including phenoxy) is 2. The van der Waals surface area contributed by atoms with E-state index >= 15 is 0 Å². The molecule has 0 fully saturated rings. The largest absolute Gasteiger partial charge is 0.495 e. The Kier molecular flexibility index (Phi) is 8.23. The summed E-state index contributed by atoms with van der Waals surface area (Å²) in [5.41, 5.74) is 1.57. The number of amides is 3. The van der Waals surface area contributed by atoms with Crippen molar-refractivity contribution in [2.45, 2.75) is 20.0 Å². The highest BCUT2D eigenvalue weighted by Crippen LogP contribution is 2.31. The number of benzene rings is 3. The van der Waals surface area contributed by atoms with Crippen LogP contribution in [0, 0.1) is 0 Å². The van der Waals surface area contributed by atoms with E-state index in [1.807, 2.05) is 0 Å². The van der Waals surface area contributed by atoms with Crippen LogP contribution in [-0.2, 0) is 14.3 Å². The van der Waals surface area contributed by atoms with Crippen molar-refractivity contribution in [3.05, 3.63) is 93.6 Å². The molecule has 39 heavy (non-hydrogen) atoms. The smallest absolute Gasteiger partial charge is 0.338 e. The third-order valence-electron chi connectivity index (χ3n) is 5.56. The van der Waals surface area contributed by atoms with Gasteiger partial charge in [0.25, 0.3) is 17.7 Å². The van der Waals surface area contributed by atoms with Gasteiger partial charge < -0.3 is 20.1 Å². The fraction of sp³-hybridized carbons (Fsp3) is 0.143. The van der Waals surface area contributed by atoms with Gasteiger partial charge in [0.15, 0.2) is 0 Å². The molecule has 0 aliphatic carbocycles. The van der Waals surface area contributed by atoms with Crippen molar-refractivity contribution in [2.75, 3.05) is 22.6 Å². The Morgan fingerprint density at radius 1 is 0.872 bits per heavy atom. The zero-order valence-electron chi connectivity index (χ0n) is 21.1. The lowest BCUT2D eigenvalue weighted by Crippen LogP contribution is -2.32. The lowest BCUT2D eigenvalue weighted by Gasteiger charge is -2.16. The summed E-state index contributed by atoms with van der Waals surface area (Å²) in [5, 5.41) is 5.74. The van der Waals surface area contributed by atoms with Crippen molar-refractivity contribution in [3.8, 4) is 5.75 Å². The van der Waals surface area contributed by atoms with E-state index in [1.54, 1.807) is 44.2 Å². The number of carbonyl (C=O) groups is 4. The van der Waals surface area contributed by atoms with E-state index in [1.165, 1.54) is 43.5 Å². The Morgan fingerprint density at radius 3 is 2.13 bits per heavy atom. The van der Waals surface area contributed by atoms with E-state index in [9.17, 15) is 19.2 Å². The minimum atomic E-state index is -0.715. The first-order valence-electron chi connectivity index (χ1n) is 11.7. The zero-order valence-corrected chi connectivity index (χ0v) is 22.6. The minimum Gasteiger partial charge on any atom is -0.495 e. The van der Waals surface area contributed by atoms with Crippen molar-refractivity contribution in [1.29, 1.82) is 0 Å². The van der Waals surface area contributed by atoms with Crippen LogP contribution in [0.1, 0.15) is 34.6 Å². The van der Waals surface area contributed by atoms with Crippen LogP contribution >= 0.6 is 23.2 Å². The van der Waals surface area contributed by atoms with Crippen LogP contribution in [0.25, 0.3) is 0 Å². The first-order chi connectivity index (χ1) is 18.6. The molecule has 0 atom stereocenters. The van der Waals surface area contributed by atoms with Gasteiger partial charge in [0, 0.05) is 16.3 Å². The number of hydrogen-bond donors (Lipinski definition) is 2. The molecule has 3 aromatic rings. The van der Waals surface area contributed by atoms with Crippen LogP contribution in [0.15, 0.2) is 77.5 Å². The summed E-state index contributed by atoms with van der Waals surface area (Å²) in [5.74, 6) is -1.85. The van der Waals surface area contributed by atoms with Crippen molar-refractivity contribution in [1.82, 2.24) is 0 Å². The number of imide groups is 1. The van der Waals surface area contributed by atoms with Gasteiger partial charge in [0.2, 0.25) is 0 Å². The highest BCUT2D eigenvalue weighted by molar-refractivity contribution is 6.53. The average Bonchev–Trinajstić information content (AvgIpc) is 3.11. The van der Waals surface area contributed by atoms with Gasteiger partial charge in [-0.1, -0.05) is 23.2 Å². The number of nitrogens with zero attached hydrogens (tertiary/aromatic N) is 1. The number of esters is 1. The van der Waals surface area contributed by atoms with Crippen LogP contribution in [-0.4, -0.2) is 36.9 Å². The van der Waals surface area contributed by atoms with Crippen LogP contribution in [0.3, 0.4) is 0 Å². The Morgan fingerprint density at radius 2 is 1.51 bits per heavy atom. The third kappa shape index (κ3) is 6.05. The minimum absolute atomic E-state index is 0.120. The molecule has 1 aliphatic heterocycles. The van der Waals surface area contributed by atoms with E-state index in [0.717, 1.165) is 4.90 Å². The number of carbonyl (C=O) groups excluding carboxylic acids is 4. The molecule has 3 aromatic carbocycles. The maximum absolute atomic E-state index is 13.1. The monoisotopic (exact) mass is 567 g/mol. The molecule has 2 N–H and O–H groups in total. The first-order valence-corrected chi connectivity index (χ1v) is 12.5. The number of nitrogens with one attached hydrogen (secondary N) is 2. The predicted octanol–water partition coefficient (Wildman–Crippen LogP) is 5.60. The number of hydrogen-bond acceptors (Lipinski definition) is 7. The average molecular weight is 568 g/mol. The summed E-state index contributed by atoms with van der Waals surface area (Å²) < 4.78 is 10.4. The molecule has 0 radical (unpaired) electrons. The number of methoxy groups -OCH3 is 1. The van der Waals surface area contributed by atoms with Gasteiger partial charge in [0.05, 0.1) is 30.2 Å². The summed E-state index contributed by atoms with van der Waals surface area (Å²) >= 11 is 12.2. The highest BCUT2D eigenvalue weighted by atomic mass is 35.5. The second-order valence-corrected chi connectivity index (χ2v) is 9.45. The summed E-state index contributed by atoms with van der Waals surface area (Å²) in [7, 11) is 1.48. The Hall–Kier alpha value is -4.34. The maximum atomic E-state index is 13.1. The maximum Gasteiger partial charge on any atom is 0.338 e. The van der Waals surface area contributed by atoms with Gasteiger partial charge in [-0.25, -0.2) is 9.69 Å². The lowest BCUT2D eigenvalue weighted by molar-refractivity contribution is -0.120. The SMILES string of the molecule is COc1ccc(Cl)cc1NC(=O)c1ccc(NC2=C(Cl)C(=O)N(c3ccc(C(=O)OC(C)C)cc3)C2=O)cc1. The Bertz CT molecular complexity index is 1480. The van der Waals surface area contributed by atoms with Crippen LogP contribution in [0.5, 0.6) is 5.75 Å². The third-order valence-corrected chi connectivity index (χ3v) is 6.14. The molecule has 0 bridgehead atoms. The topological polar surface area (TPSA) is 114 Å². The quantitative estimate of drug-likeness (QED) is 0.269. The molecule has 0 aromatic heterocycles. The first kappa shape index (κ1) is 27.7. The van der Waals surface area contributed by atoms with Crippen molar-refractivity contribution in [3.63, 3.8) is 0 Å². The Balaban J connectivity index is 1.46. The van der Waals surface area contributed by atoms with E-state index < -0.39 is 23.7 Å². The molecule has 0 unspecified atom stereocenters. The fourth-order valence-electron chi connectivity index (χ4n) is 3.70. The Labute approximate surface area is 234 Å². The molecule has 3 amide bonds. The molecule has 11 heteroatoms. The summed E-state index contributed by atoms with van der Waals surface area (Å²) in [4.78, 5) is 51.6. The van der Waals surface area contributed by atoms with Crippen LogP contribution in [0.2, 0.25) is 5.02 Å². The molecule has 9 nitrogen and oxygen atoms in total. The molecule has 200 valence electrons. The number of halogens is 2. The van der Waals surface area contributed by atoms with Gasteiger partial charge in [-0.15, -0.1) is 0 Å². The van der Waals surface area contributed by atoms with Gasteiger partial charge in [-0.3, -0.25) is 14.4 Å². The number of rotatable bonds is 8. The summed E-state index contributed by atoms with van der Waals surface area (Å²) in [6.07, 6.45) is -0.287. The van der Waals surface area contributed by atoms with Gasteiger partial charge in [0.1, 0.15) is 16.5 Å². The zero-order chi connectivity index (χ0) is 28.3. The second kappa shape index (κ2) is 11.6. The molecule has 1 aliphatic rings. The van der Waals surface area contributed by atoms with Crippen molar-refractivity contribution >= 4 is 64.0 Å². The fourth-order valence-corrected chi connectivity index (χ4v) is 4.08. The van der Waals surface area contributed by atoms with Gasteiger partial charge >= 0.3 is 5.97 Å². The molecule has 0 saturated carbocycles. The van der Waals surface area contributed by atoms with Crippen molar-refractivity contribution < 1.29 is 28.7 Å². The molecule has 4 rings (SSSR count). The van der Waals surface area contributed by atoms with Crippen LogP contribution < -0.4 is 20.3 Å². The van der Waals surface area contributed by atoms with E-state index in [4.69, 9.17) is 32.7 Å². The normalized spacial score (nSPS) is 13.1. The predicted molar refractivity (Wildman–Crippen MR) is 148 cm³/mol. The molecule has 1 heterocycles. The summed E-state index contributed by atoms with van der Waals surface area (Å²) in [6.45, 7) is 3.47.